The zero-order valence-corrected chi connectivity index (χ0v) is 16.6. The van der Waals surface area contributed by atoms with Gasteiger partial charge in [0.15, 0.2) is 0 Å². The summed E-state index contributed by atoms with van der Waals surface area (Å²) in [5.74, 6) is 0.819. The number of hydrogen-bond donors (Lipinski definition) is 0. The first-order valence-electron chi connectivity index (χ1n) is 8.83. The van der Waals surface area contributed by atoms with Gasteiger partial charge in [-0.05, 0) is 29.8 Å². The van der Waals surface area contributed by atoms with E-state index >= 15 is 0 Å². The van der Waals surface area contributed by atoms with Crippen LogP contribution in [0.25, 0.3) is 11.0 Å². The van der Waals surface area contributed by atoms with Crippen molar-refractivity contribution in [3.05, 3.63) is 64.3 Å². The predicted molar refractivity (Wildman–Crippen MR) is 106 cm³/mol. The maximum Gasteiger partial charge on any atom is 0.227 e. The van der Waals surface area contributed by atoms with Crippen LogP contribution in [0.5, 0.6) is 5.75 Å². The molecule has 1 aliphatic rings. The Morgan fingerprint density at radius 3 is 2.85 bits per heavy atom. The monoisotopic (exact) mass is 429 g/mol. The molecule has 1 saturated heterocycles. The second-order valence-corrected chi connectivity index (χ2v) is 7.47. The molecule has 2 aromatic carbocycles. The number of carbonyl (C=O) groups excluding carboxylic acids is 1. The number of morpholine rings is 1. The van der Waals surface area contributed by atoms with Crippen molar-refractivity contribution < 1.29 is 18.7 Å². The van der Waals surface area contributed by atoms with E-state index in [4.69, 9.17) is 13.9 Å². The summed E-state index contributed by atoms with van der Waals surface area (Å²) in [4.78, 5) is 14.7. The van der Waals surface area contributed by atoms with Crippen LogP contribution in [0.1, 0.15) is 17.2 Å². The number of benzene rings is 2. The fourth-order valence-corrected chi connectivity index (χ4v) is 3.62. The number of furan rings is 1. The molecule has 2 heterocycles. The van der Waals surface area contributed by atoms with Gasteiger partial charge in [0.05, 0.1) is 32.9 Å². The second-order valence-electron chi connectivity index (χ2n) is 6.55. The Balaban J connectivity index is 1.47. The minimum atomic E-state index is -0.0962. The quantitative estimate of drug-likeness (QED) is 0.618. The summed E-state index contributed by atoms with van der Waals surface area (Å²) >= 11 is 3.44. The maximum absolute atomic E-state index is 12.9. The maximum atomic E-state index is 12.9. The van der Waals surface area contributed by atoms with E-state index in [9.17, 15) is 4.79 Å². The average Bonchev–Trinajstić information content (AvgIpc) is 3.10. The Morgan fingerprint density at radius 2 is 2.07 bits per heavy atom. The minimum Gasteiger partial charge on any atom is -0.497 e. The zero-order valence-electron chi connectivity index (χ0n) is 15.0. The van der Waals surface area contributed by atoms with Crippen LogP contribution >= 0.6 is 15.9 Å². The normalized spacial score (nSPS) is 17.3. The van der Waals surface area contributed by atoms with Crippen molar-refractivity contribution in [3.8, 4) is 5.75 Å². The van der Waals surface area contributed by atoms with E-state index in [1.165, 1.54) is 0 Å². The number of rotatable bonds is 4. The highest BCUT2D eigenvalue weighted by Gasteiger charge is 2.26. The third kappa shape index (κ3) is 3.87. The Labute approximate surface area is 166 Å². The van der Waals surface area contributed by atoms with E-state index in [0.29, 0.717) is 26.1 Å². The van der Waals surface area contributed by atoms with Crippen molar-refractivity contribution in [3.63, 3.8) is 0 Å². The Morgan fingerprint density at radius 1 is 1.26 bits per heavy atom. The molecule has 3 aromatic rings. The average molecular weight is 430 g/mol. The number of nitrogens with zero attached hydrogens (tertiary/aromatic N) is 1. The SMILES string of the molecule is COc1ccc2c(CC(=O)N3CCOC(c4ccc(Br)cc4)C3)coc2c1. The molecule has 27 heavy (non-hydrogen) atoms. The van der Waals surface area contributed by atoms with E-state index in [1.807, 2.05) is 47.4 Å². The van der Waals surface area contributed by atoms with Crippen LogP contribution in [-0.4, -0.2) is 37.6 Å². The number of carbonyl (C=O) groups is 1. The molecular weight excluding hydrogens is 410 g/mol. The summed E-state index contributed by atoms with van der Waals surface area (Å²) in [6.07, 6.45) is 1.88. The molecule has 1 aromatic heterocycles. The van der Waals surface area contributed by atoms with Gasteiger partial charge < -0.3 is 18.8 Å². The van der Waals surface area contributed by atoms with Crippen LogP contribution in [0.3, 0.4) is 0 Å². The van der Waals surface area contributed by atoms with Gasteiger partial charge >= 0.3 is 0 Å². The van der Waals surface area contributed by atoms with Gasteiger partial charge in [-0.3, -0.25) is 4.79 Å². The summed E-state index contributed by atoms with van der Waals surface area (Å²) in [6.45, 7) is 1.70. The third-order valence-corrected chi connectivity index (χ3v) is 5.39. The first-order chi connectivity index (χ1) is 13.1. The number of hydrogen-bond acceptors (Lipinski definition) is 4. The van der Waals surface area contributed by atoms with Crippen LogP contribution in [0.15, 0.2) is 57.6 Å². The van der Waals surface area contributed by atoms with Crippen molar-refractivity contribution in [2.24, 2.45) is 0 Å². The summed E-state index contributed by atoms with van der Waals surface area (Å²) in [5, 5.41) is 0.946. The molecule has 1 atom stereocenters. The lowest BCUT2D eigenvalue weighted by Gasteiger charge is -2.33. The van der Waals surface area contributed by atoms with Crippen molar-refractivity contribution in [1.29, 1.82) is 0 Å². The van der Waals surface area contributed by atoms with Gasteiger partial charge in [-0.1, -0.05) is 28.1 Å². The van der Waals surface area contributed by atoms with Gasteiger partial charge in [-0.25, -0.2) is 0 Å². The lowest BCUT2D eigenvalue weighted by atomic mass is 10.1. The number of amides is 1. The van der Waals surface area contributed by atoms with E-state index in [2.05, 4.69) is 15.9 Å². The molecule has 0 spiro atoms. The molecule has 0 N–H and O–H groups in total. The molecule has 1 unspecified atom stereocenters. The van der Waals surface area contributed by atoms with Crippen molar-refractivity contribution in [2.45, 2.75) is 12.5 Å². The van der Waals surface area contributed by atoms with Gasteiger partial charge in [0.25, 0.3) is 0 Å². The molecule has 4 rings (SSSR count). The smallest absolute Gasteiger partial charge is 0.227 e. The minimum absolute atomic E-state index is 0.0823. The third-order valence-electron chi connectivity index (χ3n) is 4.87. The number of ether oxygens (including phenoxy) is 2. The van der Waals surface area contributed by atoms with Gasteiger partial charge in [0, 0.05) is 28.0 Å². The highest BCUT2D eigenvalue weighted by Crippen LogP contribution is 2.28. The van der Waals surface area contributed by atoms with Crippen molar-refractivity contribution in [1.82, 2.24) is 4.90 Å². The van der Waals surface area contributed by atoms with Crippen LogP contribution < -0.4 is 4.74 Å². The number of halogens is 1. The lowest BCUT2D eigenvalue weighted by molar-refractivity contribution is -0.138. The predicted octanol–water partition coefficient (Wildman–Crippen LogP) is 4.35. The molecule has 1 aliphatic heterocycles. The van der Waals surface area contributed by atoms with E-state index in [-0.39, 0.29) is 12.0 Å². The highest BCUT2D eigenvalue weighted by molar-refractivity contribution is 9.10. The first kappa shape index (κ1) is 18.1. The molecular formula is C21H20BrNO4. The second kappa shape index (κ2) is 7.74. The Hall–Kier alpha value is -2.31. The summed E-state index contributed by atoms with van der Waals surface area (Å²) in [5.41, 5.74) is 2.70. The van der Waals surface area contributed by atoms with Crippen LogP contribution in [-0.2, 0) is 16.0 Å². The van der Waals surface area contributed by atoms with E-state index < -0.39 is 0 Å². The number of methoxy groups -OCH3 is 1. The van der Waals surface area contributed by atoms with Crippen molar-refractivity contribution in [2.75, 3.05) is 26.8 Å². The van der Waals surface area contributed by atoms with Crippen LogP contribution in [0.4, 0.5) is 0 Å². The van der Waals surface area contributed by atoms with Gasteiger partial charge in [-0.15, -0.1) is 0 Å². The molecule has 1 fully saturated rings. The molecule has 0 saturated carbocycles. The fourth-order valence-electron chi connectivity index (χ4n) is 3.36. The molecule has 6 heteroatoms. The lowest BCUT2D eigenvalue weighted by Crippen LogP contribution is -2.42. The molecule has 0 radical (unpaired) electrons. The molecule has 1 amide bonds. The van der Waals surface area contributed by atoms with E-state index in [0.717, 1.165) is 32.3 Å². The fraction of sp³-hybridized carbons (Fsp3) is 0.286. The Kier molecular flexibility index (Phi) is 5.18. The van der Waals surface area contributed by atoms with Crippen molar-refractivity contribution >= 4 is 32.8 Å². The zero-order chi connectivity index (χ0) is 18.8. The van der Waals surface area contributed by atoms with Gasteiger partial charge in [0.1, 0.15) is 17.4 Å². The number of fused-ring (bicyclic) bond motifs is 1. The summed E-state index contributed by atoms with van der Waals surface area (Å²) < 4.78 is 17.7. The Bertz CT molecular complexity index is 950. The van der Waals surface area contributed by atoms with E-state index in [1.54, 1.807) is 13.4 Å². The van der Waals surface area contributed by atoms with Gasteiger partial charge in [-0.2, -0.15) is 0 Å². The molecule has 0 bridgehead atoms. The first-order valence-corrected chi connectivity index (χ1v) is 9.62. The van der Waals surface area contributed by atoms with Crippen LogP contribution in [0.2, 0.25) is 0 Å². The topological polar surface area (TPSA) is 51.9 Å². The highest BCUT2D eigenvalue weighted by atomic mass is 79.9. The standard InChI is InChI=1S/C21H20BrNO4/c1-25-17-6-7-18-15(13-27-19(18)11-17)10-21(24)23-8-9-26-20(12-23)14-2-4-16(22)5-3-14/h2-7,11,13,20H,8-10,12H2,1H3. The molecule has 0 aliphatic carbocycles. The largest absolute Gasteiger partial charge is 0.497 e. The molecule has 5 nitrogen and oxygen atoms in total. The summed E-state index contributed by atoms with van der Waals surface area (Å²) in [6, 6.07) is 13.7. The van der Waals surface area contributed by atoms with Gasteiger partial charge in [0.2, 0.25) is 5.91 Å². The molecule has 140 valence electrons. The summed E-state index contributed by atoms with van der Waals surface area (Å²) in [7, 11) is 1.62. The van der Waals surface area contributed by atoms with Crippen LogP contribution in [0, 0.1) is 0 Å².